The molecule has 0 fully saturated rings. The molecule has 2 aromatic heterocycles. The third kappa shape index (κ3) is 2.78. The minimum Gasteiger partial charge on any atom is -0.257 e. The van der Waals surface area contributed by atoms with Crippen LogP contribution in [0.2, 0.25) is 0 Å². The van der Waals surface area contributed by atoms with Crippen molar-refractivity contribution in [3.8, 4) is 5.95 Å². The average molecular weight is 323 g/mol. The second-order valence-corrected chi connectivity index (χ2v) is 4.54. The summed E-state index contributed by atoms with van der Waals surface area (Å²) in [6, 6.07) is 2.54. The summed E-state index contributed by atoms with van der Waals surface area (Å²) in [6.07, 6.45) is 2.80. The molecular formula is C13H8F3N5O2. The molecule has 0 radical (unpaired) electrons. The summed E-state index contributed by atoms with van der Waals surface area (Å²) >= 11 is 0. The van der Waals surface area contributed by atoms with E-state index in [-0.39, 0.29) is 11.5 Å². The topological polar surface area (TPSA) is 85.6 Å². The van der Waals surface area contributed by atoms with Gasteiger partial charge < -0.3 is 0 Å². The zero-order chi connectivity index (χ0) is 16.6. The van der Waals surface area contributed by atoms with Gasteiger partial charge in [-0.1, -0.05) is 0 Å². The lowest BCUT2D eigenvalue weighted by molar-refractivity contribution is 0.486. The third-order valence-electron chi connectivity index (χ3n) is 3.03. The van der Waals surface area contributed by atoms with Crippen LogP contribution in [-0.4, -0.2) is 24.3 Å². The molecule has 3 rings (SSSR count). The van der Waals surface area contributed by atoms with E-state index in [1.165, 1.54) is 18.5 Å². The maximum atomic E-state index is 13.8. The van der Waals surface area contributed by atoms with E-state index in [1.54, 1.807) is 0 Å². The molecule has 3 aromatic rings. The van der Waals surface area contributed by atoms with E-state index in [0.29, 0.717) is 12.1 Å². The zero-order valence-electron chi connectivity index (χ0n) is 11.3. The van der Waals surface area contributed by atoms with Gasteiger partial charge in [-0.25, -0.2) is 27.4 Å². The van der Waals surface area contributed by atoms with E-state index in [2.05, 4.69) is 10.1 Å². The van der Waals surface area contributed by atoms with Gasteiger partial charge >= 0.3 is 11.4 Å². The lowest BCUT2D eigenvalue weighted by Gasteiger charge is -2.11. The Balaban J connectivity index is 2.16. The van der Waals surface area contributed by atoms with E-state index in [9.17, 15) is 22.8 Å². The number of hydrogen-bond donors (Lipinski definition) is 1. The van der Waals surface area contributed by atoms with Crippen LogP contribution in [0.25, 0.3) is 5.95 Å². The Morgan fingerprint density at radius 3 is 2.52 bits per heavy atom. The summed E-state index contributed by atoms with van der Waals surface area (Å²) in [4.78, 5) is 28.9. The van der Waals surface area contributed by atoms with Crippen molar-refractivity contribution in [3.05, 3.63) is 74.6 Å². The first kappa shape index (κ1) is 14.8. The second kappa shape index (κ2) is 5.55. The second-order valence-electron chi connectivity index (χ2n) is 4.54. The van der Waals surface area contributed by atoms with Gasteiger partial charge in [0.25, 0.3) is 0 Å². The molecule has 118 valence electrons. The van der Waals surface area contributed by atoms with Crippen LogP contribution in [0.3, 0.4) is 0 Å². The highest BCUT2D eigenvalue weighted by Gasteiger charge is 2.15. The SMILES string of the molecule is O=c1nc(-n2cccn2)n(Cc2cc(F)c(F)cc2F)c(=O)[nH]1. The molecule has 0 unspecified atom stereocenters. The van der Waals surface area contributed by atoms with Gasteiger partial charge in [-0.05, 0) is 12.1 Å². The summed E-state index contributed by atoms with van der Waals surface area (Å²) in [7, 11) is 0. The molecule has 7 nitrogen and oxygen atoms in total. The Morgan fingerprint density at radius 1 is 1.09 bits per heavy atom. The third-order valence-corrected chi connectivity index (χ3v) is 3.03. The molecule has 0 spiro atoms. The summed E-state index contributed by atoms with van der Waals surface area (Å²) in [6.45, 7) is -0.471. The molecule has 0 atom stereocenters. The molecule has 1 N–H and O–H groups in total. The van der Waals surface area contributed by atoms with Gasteiger partial charge in [0.1, 0.15) is 5.82 Å². The summed E-state index contributed by atoms with van der Waals surface area (Å²) in [5, 5.41) is 3.84. The van der Waals surface area contributed by atoms with Crippen molar-refractivity contribution < 1.29 is 13.2 Å². The molecule has 0 aliphatic carbocycles. The van der Waals surface area contributed by atoms with Crippen LogP contribution in [0, 0.1) is 17.5 Å². The highest BCUT2D eigenvalue weighted by atomic mass is 19.2. The Morgan fingerprint density at radius 2 is 1.83 bits per heavy atom. The molecule has 0 amide bonds. The predicted molar refractivity (Wildman–Crippen MR) is 71.7 cm³/mol. The zero-order valence-corrected chi connectivity index (χ0v) is 11.3. The normalized spacial score (nSPS) is 10.9. The Bertz CT molecular complexity index is 978. The highest BCUT2D eigenvalue weighted by Crippen LogP contribution is 2.15. The van der Waals surface area contributed by atoms with E-state index in [4.69, 9.17) is 0 Å². The number of rotatable bonds is 3. The first-order chi connectivity index (χ1) is 11.0. The maximum Gasteiger partial charge on any atom is 0.352 e. The smallest absolute Gasteiger partial charge is 0.257 e. The summed E-state index contributed by atoms with van der Waals surface area (Å²) in [5.74, 6) is -3.82. The van der Waals surface area contributed by atoms with Crippen molar-refractivity contribution in [1.82, 2.24) is 24.3 Å². The molecule has 2 heterocycles. The van der Waals surface area contributed by atoms with Crippen LogP contribution in [0.5, 0.6) is 0 Å². The largest absolute Gasteiger partial charge is 0.352 e. The number of nitrogens with one attached hydrogen (secondary N) is 1. The number of H-pyrrole nitrogens is 1. The van der Waals surface area contributed by atoms with Gasteiger partial charge in [0, 0.05) is 24.0 Å². The molecule has 0 saturated heterocycles. The van der Waals surface area contributed by atoms with Gasteiger partial charge in [-0.3, -0.25) is 9.55 Å². The standard InChI is InChI=1S/C13H8F3N5O2/c14-8-5-10(16)9(15)4-7(8)6-20-12(21-3-1-2-17-21)18-11(22)19-13(20)23/h1-5H,6H2,(H,19,22,23). The van der Waals surface area contributed by atoms with Gasteiger partial charge in [0.15, 0.2) is 11.6 Å². The van der Waals surface area contributed by atoms with Gasteiger partial charge in [0.05, 0.1) is 6.54 Å². The molecule has 1 aromatic carbocycles. The lowest BCUT2D eigenvalue weighted by Crippen LogP contribution is -2.35. The first-order valence-corrected chi connectivity index (χ1v) is 6.30. The molecule has 10 heteroatoms. The van der Waals surface area contributed by atoms with Crippen LogP contribution < -0.4 is 11.4 Å². The van der Waals surface area contributed by atoms with E-state index in [1.807, 2.05) is 4.98 Å². The minimum absolute atomic E-state index is 0.187. The minimum atomic E-state index is -1.34. The molecule has 0 aliphatic rings. The maximum absolute atomic E-state index is 13.8. The molecule has 0 bridgehead atoms. The van der Waals surface area contributed by atoms with Crippen molar-refractivity contribution >= 4 is 0 Å². The Labute approximate surface area is 125 Å². The van der Waals surface area contributed by atoms with Crippen molar-refractivity contribution in [2.24, 2.45) is 0 Å². The van der Waals surface area contributed by atoms with Crippen LogP contribution in [0.4, 0.5) is 13.2 Å². The van der Waals surface area contributed by atoms with Crippen molar-refractivity contribution in [2.45, 2.75) is 6.54 Å². The van der Waals surface area contributed by atoms with E-state index >= 15 is 0 Å². The number of halogens is 3. The number of aromatic nitrogens is 5. The number of nitrogens with zero attached hydrogens (tertiary/aromatic N) is 4. The summed E-state index contributed by atoms with van der Waals surface area (Å²) < 4.78 is 42.0. The fraction of sp³-hybridized carbons (Fsp3) is 0.0769. The van der Waals surface area contributed by atoms with Crippen molar-refractivity contribution in [3.63, 3.8) is 0 Å². The Kier molecular flexibility index (Phi) is 3.56. The van der Waals surface area contributed by atoms with Crippen molar-refractivity contribution in [1.29, 1.82) is 0 Å². The predicted octanol–water partition coefficient (Wildman–Crippen LogP) is 0.583. The fourth-order valence-electron chi connectivity index (χ4n) is 1.99. The lowest BCUT2D eigenvalue weighted by atomic mass is 10.2. The van der Waals surface area contributed by atoms with E-state index in [0.717, 1.165) is 9.25 Å². The molecule has 0 saturated carbocycles. The van der Waals surface area contributed by atoms with Gasteiger partial charge in [-0.2, -0.15) is 10.1 Å². The van der Waals surface area contributed by atoms with Crippen LogP contribution in [0.15, 0.2) is 40.2 Å². The average Bonchev–Trinajstić information content (AvgIpc) is 3.01. The van der Waals surface area contributed by atoms with Gasteiger partial charge in [0.2, 0.25) is 5.95 Å². The van der Waals surface area contributed by atoms with Crippen LogP contribution in [0.1, 0.15) is 5.56 Å². The van der Waals surface area contributed by atoms with Crippen LogP contribution >= 0.6 is 0 Å². The molecule has 23 heavy (non-hydrogen) atoms. The van der Waals surface area contributed by atoms with Crippen molar-refractivity contribution in [2.75, 3.05) is 0 Å². The highest BCUT2D eigenvalue weighted by molar-refractivity contribution is 5.22. The van der Waals surface area contributed by atoms with Crippen LogP contribution in [-0.2, 0) is 6.54 Å². The number of hydrogen-bond acceptors (Lipinski definition) is 4. The van der Waals surface area contributed by atoms with Gasteiger partial charge in [-0.15, -0.1) is 0 Å². The monoisotopic (exact) mass is 323 g/mol. The molecule has 0 aliphatic heterocycles. The quantitative estimate of drug-likeness (QED) is 0.715. The number of aromatic amines is 1. The Hall–Kier alpha value is -3.17. The first-order valence-electron chi connectivity index (χ1n) is 6.30. The fourth-order valence-corrected chi connectivity index (χ4v) is 1.99. The van der Waals surface area contributed by atoms with E-state index < -0.39 is 35.4 Å². The summed E-state index contributed by atoms with van der Waals surface area (Å²) in [5.41, 5.74) is -2.09. The number of benzene rings is 1. The molecular weight excluding hydrogens is 315 g/mol.